The van der Waals surface area contributed by atoms with Crippen LogP contribution in [0.1, 0.15) is 40.0 Å². The van der Waals surface area contributed by atoms with Gasteiger partial charge < -0.3 is 10.6 Å². The fourth-order valence-electron chi connectivity index (χ4n) is 2.00. The van der Waals surface area contributed by atoms with Gasteiger partial charge in [0, 0.05) is 13.1 Å². The average molecular weight is 198 g/mol. The summed E-state index contributed by atoms with van der Waals surface area (Å²) in [6.45, 7) is 6.66. The van der Waals surface area contributed by atoms with Gasteiger partial charge in [-0.15, -0.1) is 0 Å². The molecule has 1 aliphatic rings. The van der Waals surface area contributed by atoms with Crippen LogP contribution in [0, 0.1) is 5.41 Å². The van der Waals surface area contributed by atoms with Crippen LogP contribution in [0.25, 0.3) is 0 Å². The molecule has 0 saturated carbocycles. The van der Waals surface area contributed by atoms with E-state index >= 15 is 0 Å². The Morgan fingerprint density at radius 2 is 2.00 bits per heavy atom. The lowest BCUT2D eigenvalue weighted by Crippen LogP contribution is -2.54. The van der Waals surface area contributed by atoms with Gasteiger partial charge in [0.25, 0.3) is 0 Å². The molecule has 0 aromatic rings. The molecule has 1 amide bonds. The van der Waals surface area contributed by atoms with E-state index in [0.29, 0.717) is 6.04 Å². The number of hydrogen-bond donors (Lipinski definition) is 2. The Bertz CT molecular complexity index is 208. The van der Waals surface area contributed by atoms with Crippen LogP contribution in [-0.4, -0.2) is 25.0 Å². The van der Waals surface area contributed by atoms with Crippen molar-refractivity contribution < 1.29 is 4.79 Å². The molecule has 1 aliphatic heterocycles. The highest BCUT2D eigenvalue weighted by Crippen LogP contribution is 2.27. The van der Waals surface area contributed by atoms with Gasteiger partial charge in [-0.2, -0.15) is 0 Å². The van der Waals surface area contributed by atoms with E-state index in [-0.39, 0.29) is 17.4 Å². The van der Waals surface area contributed by atoms with Gasteiger partial charge in [-0.05, 0) is 24.7 Å². The Morgan fingerprint density at radius 1 is 1.36 bits per heavy atom. The van der Waals surface area contributed by atoms with Crippen LogP contribution >= 0.6 is 0 Å². The lowest BCUT2D eigenvalue weighted by Gasteiger charge is -2.38. The molecule has 2 unspecified atom stereocenters. The van der Waals surface area contributed by atoms with Gasteiger partial charge in [0.2, 0.25) is 5.91 Å². The van der Waals surface area contributed by atoms with E-state index < -0.39 is 0 Å². The van der Waals surface area contributed by atoms with E-state index in [9.17, 15) is 4.79 Å². The standard InChI is InChI=1S/C11H22N2O/c1-11(2,3)9-7-5-6-8(13-9)10(14)12-4/h8-9,13H,5-7H2,1-4H3,(H,12,14). The van der Waals surface area contributed by atoms with Gasteiger partial charge in [0.05, 0.1) is 6.04 Å². The molecule has 1 fully saturated rings. The zero-order valence-corrected chi connectivity index (χ0v) is 9.68. The monoisotopic (exact) mass is 198 g/mol. The summed E-state index contributed by atoms with van der Waals surface area (Å²) in [4.78, 5) is 11.5. The zero-order chi connectivity index (χ0) is 10.8. The Morgan fingerprint density at radius 3 is 2.50 bits per heavy atom. The average Bonchev–Trinajstić information content (AvgIpc) is 2.15. The van der Waals surface area contributed by atoms with E-state index in [1.54, 1.807) is 7.05 Å². The van der Waals surface area contributed by atoms with Gasteiger partial charge >= 0.3 is 0 Å². The van der Waals surface area contributed by atoms with E-state index in [1.165, 1.54) is 6.42 Å². The SMILES string of the molecule is CNC(=O)C1CCCC(C(C)(C)C)N1. The summed E-state index contributed by atoms with van der Waals surface area (Å²) in [6, 6.07) is 0.469. The zero-order valence-electron chi connectivity index (χ0n) is 9.68. The van der Waals surface area contributed by atoms with Crippen LogP contribution in [0.2, 0.25) is 0 Å². The highest BCUT2D eigenvalue weighted by molar-refractivity contribution is 5.81. The summed E-state index contributed by atoms with van der Waals surface area (Å²) in [7, 11) is 1.70. The molecule has 0 aliphatic carbocycles. The van der Waals surface area contributed by atoms with Crippen LogP contribution in [0.5, 0.6) is 0 Å². The third kappa shape index (κ3) is 2.71. The molecule has 0 bridgehead atoms. The molecule has 82 valence electrons. The Balaban J connectivity index is 2.56. The van der Waals surface area contributed by atoms with Crippen molar-refractivity contribution in [2.75, 3.05) is 7.05 Å². The van der Waals surface area contributed by atoms with Crippen molar-refractivity contribution in [3.63, 3.8) is 0 Å². The number of piperidine rings is 1. The number of carbonyl (C=O) groups is 1. The first-order valence-corrected chi connectivity index (χ1v) is 5.43. The van der Waals surface area contributed by atoms with Crippen molar-refractivity contribution in [2.45, 2.75) is 52.1 Å². The number of carbonyl (C=O) groups excluding carboxylic acids is 1. The van der Waals surface area contributed by atoms with Crippen molar-refractivity contribution in [3.8, 4) is 0 Å². The predicted molar refractivity (Wildman–Crippen MR) is 58.1 cm³/mol. The largest absolute Gasteiger partial charge is 0.358 e. The fourth-order valence-corrected chi connectivity index (χ4v) is 2.00. The minimum atomic E-state index is 0.0120. The Kier molecular flexibility index (Phi) is 3.53. The molecule has 2 N–H and O–H groups in total. The highest BCUT2D eigenvalue weighted by Gasteiger charge is 2.32. The van der Waals surface area contributed by atoms with Crippen LogP contribution in [0.15, 0.2) is 0 Å². The highest BCUT2D eigenvalue weighted by atomic mass is 16.2. The number of likely N-dealkylation sites (N-methyl/N-ethyl adjacent to an activating group) is 1. The Hall–Kier alpha value is -0.570. The maximum absolute atomic E-state index is 11.5. The summed E-state index contributed by atoms with van der Waals surface area (Å²) in [5.74, 6) is 0.124. The third-order valence-electron chi connectivity index (χ3n) is 3.00. The first-order valence-electron chi connectivity index (χ1n) is 5.43. The first-order chi connectivity index (χ1) is 6.45. The van der Waals surface area contributed by atoms with Crippen molar-refractivity contribution in [3.05, 3.63) is 0 Å². The van der Waals surface area contributed by atoms with E-state index in [2.05, 4.69) is 31.4 Å². The maximum atomic E-state index is 11.5. The summed E-state index contributed by atoms with van der Waals surface area (Å²) in [6.07, 6.45) is 3.29. The quantitative estimate of drug-likeness (QED) is 0.666. The number of hydrogen-bond acceptors (Lipinski definition) is 2. The molecule has 0 spiro atoms. The second-order valence-corrected chi connectivity index (χ2v) is 5.18. The van der Waals surface area contributed by atoms with Crippen molar-refractivity contribution in [1.29, 1.82) is 0 Å². The van der Waals surface area contributed by atoms with Crippen molar-refractivity contribution in [1.82, 2.24) is 10.6 Å². The second kappa shape index (κ2) is 4.30. The molecule has 0 aromatic heterocycles. The minimum Gasteiger partial charge on any atom is -0.358 e. The molecule has 1 rings (SSSR count). The van der Waals surface area contributed by atoms with Gasteiger partial charge in [-0.25, -0.2) is 0 Å². The van der Waals surface area contributed by atoms with Gasteiger partial charge in [0.15, 0.2) is 0 Å². The fraction of sp³-hybridized carbons (Fsp3) is 0.909. The predicted octanol–water partition coefficient (Wildman–Crippen LogP) is 1.29. The minimum absolute atomic E-state index is 0.0120. The number of amides is 1. The molecular formula is C11H22N2O. The molecule has 0 radical (unpaired) electrons. The normalized spacial score (nSPS) is 28.6. The molecule has 3 heteroatoms. The molecule has 3 nitrogen and oxygen atoms in total. The molecular weight excluding hydrogens is 176 g/mol. The maximum Gasteiger partial charge on any atom is 0.236 e. The lowest BCUT2D eigenvalue weighted by molar-refractivity contribution is -0.123. The smallest absolute Gasteiger partial charge is 0.236 e. The third-order valence-corrected chi connectivity index (χ3v) is 3.00. The van der Waals surface area contributed by atoms with Crippen LogP contribution in [0.3, 0.4) is 0 Å². The summed E-state index contributed by atoms with van der Waals surface area (Å²) < 4.78 is 0. The van der Waals surface area contributed by atoms with Crippen molar-refractivity contribution >= 4 is 5.91 Å². The second-order valence-electron chi connectivity index (χ2n) is 5.18. The van der Waals surface area contributed by atoms with E-state index in [0.717, 1.165) is 12.8 Å². The van der Waals surface area contributed by atoms with E-state index in [4.69, 9.17) is 0 Å². The first kappa shape index (κ1) is 11.5. The van der Waals surface area contributed by atoms with Gasteiger partial charge in [-0.3, -0.25) is 4.79 Å². The van der Waals surface area contributed by atoms with Crippen LogP contribution in [-0.2, 0) is 4.79 Å². The lowest BCUT2D eigenvalue weighted by atomic mass is 9.80. The molecule has 1 heterocycles. The Labute approximate surface area is 86.6 Å². The van der Waals surface area contributed by atoms with Crippen molar-refractivity contribution in [2.24, 2.45) is 5.41 Å². The molecule has 0 aromatic carbocycles. The number of rotatable bonds is 1. The molecule has 2 atom stereocenters. The topological polar surface area (TPSA) is 41.1 Å². The van der Waals surface area contributed by atoms with Gasteiger partial charge in [-0.1, -0.05) is 20.8 Å². The molecule has 14 heavy (non-hydrogen) atoms. The summed E-state index contributed by atoms with van der Waals surface area (Å²) >= 11 is 0. The van der Waals surface area contributed by atoms with Crippen LogP contribution < -0.4 is 10.6 Å². The number of nitrogens with one attached hydrogen (secondary N) is 2. The summed E-state index contributed by atoms with van der Waals surface area (Å²) in [5.41, 5.74) is 0.243. The summed E-state index contributed by atoms with van der Waals surface area (Å²) in [5, 5.41) is 6.14. The van der Waals surface area contributed by atoms with Gasteiger partial charge in [0.1, 0.15) is 0 Å². The van der Waals surface area contributed by atoms with Crippen LogP contribution in [0.4, 0.5) is 0 Å². The van der Waals surface area contributed by atoms with E-state index in [1.807, 2.05) is 0 Å². The molecule has 1 saturated heterocycles.